The molecule has 2 nitrogen and oxygen atoms in total. The van der Waals surface area contributed by atoms with Crippen molar-refractivity contribution in [3.8, 4) is 0 Å². The molecule has 72 valence electrons. The molecule has 0 aliphatic carbocycles. The summed E-state index contributed by atoms with van der Waals surface area (Å²) in [5.41, 5.74) is 15.1. The van der Waals surface area contributed by atoms with Gasteiger partial charge in [-0.15, -0.1) is 11.4 Å². The quantitative estimate of drug-likeness (QED) is 0.647. The van der Waals surface area contributed by atoms with E-state index in [1.165, 1.54) is 0 Å². The Balaban J connectivity index is 0.000000245. The molecule has 0 atom stereocenters. The van der Waals surface area contributed by atoms with Crippen LogP contribution in [0.5, 0.6) is 0 Å². The fourth-order valence-corrected chi connectivity index (χ4v) is 0.876. The standard InChI is InChI=1S/2C6H6N.Ba/c2*7-6-4-2-1-3-5-6;/h2*1-5,7H;/q2*-1;+2. The van der Waals surface area contributed by atoms with E-state index < -0.39 is 0 Å². The summed E-state index contributed by atoms with van der Waals surface area (Å²) in [6.45, 7) is 0. The first-order valence-electron chi connectivity index (χ1n) is 4.32. The minimum Gasteiger partial charge on any atom is -0.699 e. The van der Waals surface area contributed by atoms with Gasteiger partial charge in [-0.2, -0.15) is 0 Å². The van der Waals surface area contributed by atoms with Crippen molar-refractivity contribution >= 4 is 60.3 Å². The molecular formula is C12H12BaN2. The second-order valence-corrected chi connectivity index (χ2v) is 2.73. The van der Waals surface area contributed by atoms with Gasteiger partial charge in [0.25, 0.3) is 0 Å². The molecule has 0 bridgehead atoms. The molecule has 0 aromatic heterocycles. The van der Waals surface area contributed by atoms with Gasteiger partial charge in [0, 0.05) is 0 Å². The molecule has 2 aromatic rings. The molecule has 0 saturated carbocycles. The average Bonchev–Trinajstić information content (AvgIpc) is 2.21. The van der Waals surface area contributed by atoms with Crippen LogP contribution in [-0.2, 0) is 0 Å². The normalized spacial score (nSPS) is 8.00. The van der Waals surface area contributed by atoms with Gasteiger partial charge in [0.2, 0.25) is 0 Å². The molecular weight excluding hydrogens is 309 g/mol. The van der Waals surface area contributed by atoms with Crippen molar-refractivity contribution in [1.82, 2.24) is 0 Å². The van der Waals surface area contributed by atoms with Crippen LogP contribution in [0.25, 0.3) is 11.5 Å². The molecule has 15 heavy (non-hydrogen) atoms. The topological polar surface area (TPSA) is 47.6 Å². The van der Waals surface area contributed by atoms with Gasteiger partial charge in [-0.25, -0.2) is 0 Å². The van der Waals surface area contributed by atoms with Crippen molar-refractivity contribution in [1.29, 1.82) is 0 Å². The molecule has 3 heteroatoms. The first kappa shape index (κ1) is 14.6. The fourth-order valence-electron chi connectivity index (χ4n) is 0.876. The number of nitrogens with one attached hydrogen (secondary N) is 2. The summed E-state index contributed by atoms with van der Waals surface area (Å²) in [6.07, 6.45) is 0. The largest absolute Gasteiger partial charge is 2.00 e. The van der Waals surface area contributed by atoms with E-state index in [1.807, 2.05) is 36.4 Å². The Bertz CT molecular complexity index is 311. The maximum Gasteiger partial charge on any atom is 2.00 e. The molecule has 0 unspecified atom stereocenters. The van der Waals surface area contributed by atoms with Gasteiger partial charge in [0.15, 0.2) is 0 Å². The molecule has 0 aliphatic heterocycles. The summed E-state index contributed by atoms with van der Waals surface area (Å²) < 4.78 is 0. The first-order chi connectivity index (χ1) is 6.79. The zero-order chi connectivity index (χ0) is 10.2. The van der Waals surface area contributed by atoms with E-state index in [-0.39, 0.29) is 48.9 Å². The van der Waals surface area contributed by atoms with Gasteiger partial charge in [-0.3, -0.25) is 0 Å². The SMILES string of the molecule is [Ba+2].[NH-]c1ccccc1.[NH-]c1ccccc1. The Morgan fingerprint density at radius 1 is 0.533 bits per heavy atom. The van der Waals surface area contributed by atoms with Gasteiger partial charge in [0.1, 0.15) is 0 Å². The van der Waals surface area contributed by atoms with Gasteiger partial charge in [0.05, 0.1) is 0 Å². The number of rotatable bonds is 0. The smallest absolute Gasteiger partial charge is 0.699 e. The Kier molecular flexibility index (Phi) is 8.65. The molecule has 0 amide bonds. The molecule has 2 aromatic carbocycles. The first-order valence-corrected chi connectivity index (χ1v) is 4.32. The predicted molar refractivity (Wildman–Crippen MR) is 66.6 cm³/mol. The summed E-state index contributed by atoms with van der Waals surface area (Å²) in [6, 6.07) is 18.2. The minimum atomic E-state index is 0. The molecule has 0 spiro atoms. The monoisotopic (exact) mass is 322 g/mol. The van der Waals surface area contributed by atoms with E-state index in [1.54, 1.807) is 24.3 Å². The molecule has 0 fully saturated rings. The second kappa shape index (κ2) is 8.88. The van der Waals surface area contributed by atoms with Crippen molar-refractivity contribution < 1.29 is 0 Å². The number of benzene rings is 2. The summed E-state index contributed by atoms with van der Waals surface area (Å²) in [7, 11) is 0. The van der Waals surface area contributed by atoms with Crippen LogP contribution in [0.1, 0.15) is 0 Å². The van der Waals surface area contributed by atoms with E-state index in [9.17, 15) is 0 Å². The Morgan fingerprint density at radius 3 is 0.933 bits per heavy atom. The molecule has 0 heterocycles. The number of hydrogen-bond donors (Lipinski definition) is 0. The van der Waals surface area contributed by atoms with Crippen molar-refractivity contribution in [3.63, 3.8) is 0 Å². The van der Waals surface area contributed by atoms with Gasteiger partial charge in [-0.1, -0.05) is 60.7 Å². The zero-order valence-corrected chi connectivity index (χ0v) is 12.9. The van der Waals surface area contributed by atoms with Crippen LogP contribution in [0.2, 0.25) is 0 Å². The minimum absolute atomic E-state index is 0. The maximum absolute atomic E-state index is 7.00. The van der Waals surface area contributed by atoms with Crippen molar-refractivity contribution in [2.24, 2.45) is 0 Å². The molecule has 2 rings (SSSR count). The van der Waals surface area contributed by atoms with Gasteiger partial charge < -0.3 is 11.5 Å². The number of hydrogen-bond acceptors (Lipinski definition) is 0. The Labute approximate surface area is 131 Å². The van der Waals surface area contributed by atoms with Crippen LogP contribution in [0, 0.1) is 0 Å². The predicted octanol–water partition coefficient (Wildman–Crippen LogP) is 4.36. The third kappa shape index (κ3) is 7.53. The Hall–Kier alpha value is -0.389. The van der Waals surface area contributed by atoms with Crippen LogP contribution in [0.15, 0.2) is 60.7 Å². The van der Waals surface area contributed by atoms with E-state index in [2.05, 4.69) is 0 Å². The van der Waals surface area contributed by atoms with Crippen molar-refractivity contribution in [3.05, 3.63) is 72.1 Å². The third-order valence-electron chi connectivity index (χ3n) is 1.55. The fraction of sp³-hybridized carbons (Fsp3) is 0. The third-order valence-corrected chi connectivity index (χ3v) is 1.55. The van der Waals surface area contributed by atoms with Crippen LogP contribution in [-0.4, -0.2) is 48.9 Å². The zero-order valence-electron chi connectivity index (χ0n) is 8.48. The van der Waals surface area contributed by atoms with E-state index in [0.29, 0.717) is 11.4 Å². The van der Waals surface area contributed by atoms with Crippen molar-refractivity contribution in [2.45, 2.75) is 0 Å². The van der Waals surface area contributed by atoms with Crippen molar-refractivity contribution in [2.75, 3.05) is 0 Å². The summed E-state index contributed by atoms with van der Waals surface area (Å²) in [5.74, 6) is 0. The van der Waals surface area contributed by atoms with E-state index in [4.69, 9.17) is 11.5 Å². The summed E-state index contributed by atoms with van der Waals surface area (Å²) >= 11 is 0. The van der Waals surface area contributed by atoms with Crippen LogP contribution >= 0.6 is 0 Å². The molecule has 0 aliphatic rings. The van der Waals surface area contributed by atoms with E-state index in [0.717, 1.165) is 0 Å². The van der Waals surface area contributed by atoms with E-state index >= 15 is 0 Å². The summed E-state index contributed by atoms with van der Waals surface area (Å²) in [4.78, 5) is 0. The van der Waals surface area contributed by atoms with Crippen LogP contribution in [0.4, 0.5) is 11.4 Å². The maximum atomic E-state index is 7.00. The second-order valence-electron chi connectivity index (χ2n) is 2.73. The van der Waals surface area contributed by atoms with Crippen LogP contribution < -0.4 is 0 Å². The average molecular weight is 322 g/mol. The molecule has 0 saturated heterocycles. The van der Waals surface area contributed by atoms with Gasteiger partial charge in [-0.05, 0) is 0 Å². The summed E-state index contributed by atoms with van der Waals surface area (Å²) in [5, 5.41) is 0. The van der Waals surface area contributed by atoms with Crippen LogP contribution in [0.3, 0.4) is 0 Å². The molecule has 0 radical (unpaired) electrons. The van der Waals surface area contributed by atoms with Gasteiger partial charge >= 0.3 is 48.9 Å². The molecule has 2 N–H and O–H groups in total. The Morgan fingerprint density at radius 2 is 0.800 bits per heavy atom.